The van der Waals surface area contributed by atoms with Crippen molar-refractivity contribution in [3.05, 3.63) is 67.8 Å². The lowest BCUT2D eigenvalue weighted by Crippen LogP contribution is -2.22. The van der Waals surface area contributed by atoms with Crippen molar-refractivity contribution in [2.24, 2.45) is 7.05 Å². The molecule has 128 valence electrons. The number of pyridine rings is 1. The first-order valence-corrected chi connectivity index (χ1v) is 8.32. The minimum Gasteiger partial charge on any atom is -0.314 e. The molecular formula is C19H14Cl2FNO2. The van der Waals surface area contributed by atoms with Gasteiger partial charge in [0.1, 0.15) is 6.29 Å². The molecule has 25 heavy (non-hydrogen) atoms. The topological polar surface area (TPSA) is 39.1 Å². The van der Waals surface area contributed by atoms with E-state index >= 15 is 0 Å². The summed E-state index contributed by atoms with van der Waals surface area (Å²) in [4.78, 5) is 23.9. The van der Waals surface area contributed by atoms with Crippen LogP contribution in [-0.2, 0) is 18.3 Å². The van der Waals surface area contributed by atoms with Gasteiger partial charge in [0.2, 0.25) is 0 Å². The predicted molar refractivity (Wildman–Crippen MR) is 99.1 cm³/mol. The van der Waals surface area contributed by atoms with Crippen LogP contribution in [0.2, 0.25) is 10.0 Å². The molecule has 0 bridgehead atoms. The van der Waals surface area contributed by atoms with Crippen LogP contribution in [0.4, 0.5) is 4.39 Å². The van der Waals surface area contributed by atoms with Gasteiger partial charge in [0.05, 0.1) is 10.0 Å². The first-order valence-electron chi connectivity index (χ1n) is 7.56. The predicted octanol–water partition coefficient (Wildman–Crippen LogP) is 4.70. The van der Waals surface area contributed by atoms with E-state index in [0.717, 1.165) is 5.56 Å². The Kier molecular flexibility index (Phi) is 4.67. The van der Waals surface area contributed by atoms with Crippen molar-refractivity contribution in [2.75, 3.05) is 0 Å². The summed E-state index contributed by atoms with van der Waals surface area (Å²) in [5.74, 6) is -0.730. The van der Waals surface area contributed by atoms with Crippen molar-refractivity contribution in [3.63, 3.8) is 0 Å². The van der Waals surface area contributed by atoms with Crippen LogP contribution in [0, 0.1) is 12.7 Å². The number of halogens is 3. The fourth-order valence-corrected chi connectivity index (χ4v) is 3.48. The number of aldehydes is 1. The van der Waals surface area contributed by atoms with Crippen molar-refractivity contribution in [3.8, 4) is 11.1 Å². The SMILES string of the molecule is Cc1ccc2c(-c3ccc(Cl)c(F)c3Cl)c(CC=O)n(C)c(=O)c2c1. The van der Waals surface area contributed by atoms with Crippen LogP contribution in [0.1, 0.15) is 11.3 Å². The standard InChI is InChI=1S/C19H14Cl2FNO2/c1-10-3-4-11-13(9-10)19(25)23(2)15(7-8-24)16(11)12-5-6-14(20)18(22)17(12)21/h3-6,8-9H,7H2,1-2H3. The van der Waals surface area contributed by atoms with Crippen molar-refractivity contribution in [1.82, 2.24) is 4.57 Å². The Morgan fingerprint density at radius 2 is 1.88 bits per heavy atom. The third kappa shape index (κ3) is 2.86. The van der Waals surface area contributed by atoms with E-state index in [1.165, 1.54) is 10.6 Å². The van der Waals surface area contributed by atoms with Gasteiger partial charge in [-0.15, -0.1) is 0 Å². The summed E-state index contributed by atoms with van der Waals surface area (Å²) in [5.41, 5.74) is 2.13. The van der Waals surface area contributed by atoms with E-state index < -0.39 is 5.82 Å². The summed E-state index contributed by atoms with van der Waals surface area (Å²) in [6.07, 6.45) is 0.712. The van der Waals surface area contributed by atoms with Gasteiger partial charge in [-0.2, -0.15) is 0 Å². The lowest BCUT2D eigenvalue weighted by Gasteiger charge is -2.18. The lowest BCUT2D eigenvalue weighted by atomic mass is 9.94. The Hall–Kier alpha value is -2.17. The summed E-state index contributed by atoms with van der Waals surface area (Å²) < 4.78 is 15.6. The van der Waals surface area contributed by atoms with E-state index in [0.29, 0.717) is 33.9 Å². The molecule has 0 atom stereocenters. The maximum absolute atomic E-state index is 14.2. The van der Waals surface area contributed by atoms with Gasteiger partial charge in [-0.05, 0) is 24.4 Å². The summed E-state index contributed by atoms with van der Waals surface area (Å²) in [5, 5.41) is 0.878. The maximum atomic E-state index is 14.2. The molecule has 0 saturated heterocycles. The Bertz CT molecular complexity index is 1070. The molecule has 3 rings (SSSR count). The molecule has 0 fully saturated rings. The van der Waals surface area contributed by atoms with Crippen LogP contribution in [0.25, 0.3) is 21.9 Å². The number of aryl methyl sites for hydroxylation is 1. The van der Waals surface area contributed by atoms with Crippen LogP contribution in [0.5, 0.6) is 0 Å². The molecule has 0 spiro atoms. The van der Waals surface area contributed by atoms with Crippen molar-refractivity contribution in [1.29, 1.82) is 0 Å². The molecule has 1 heterocycles. The van der Waals surface area contributed by atoms with E-state index in [1.807, 2.05) is 13.0 Å². The Morgan fingerprint density at radius 3 is 2.56 bits per heavy atom. The van der Waals surface area contributed by atoms with Crippen LogP contribution >= 0.6 is 23.2 Å². The second kappa shape index (κ2) is 6.62. The van der Waals surface area contributed by atoms with Gasteiger partial charge in [0, 0.05) is 35.7 Å². The van der Waals surface area contributed by atoms with E-state index in [9.17, 15) is 14.0 Å². The zero-order valence-electron chi connectivity index (χ0n) is 13.6. The molecule has 3 aromatic rings. The van der Waals surface area contributed by atoms with Gasteiger partial charge in [-0.25, -0.2) is 4.39 Å². The molecule has 0 aliphatic carbocycles. The molecule has 0 saturated carbocycles. The number of carbonyl (C=O) groups excluding carboxylic acids is 1. The Morgan fingerprint density at radius 1 is 1.16 bits per heavy atom. The van der Waals surface area contributed by atoms with Crippen LogP contribution in [-0.4, -0.2) is 10.9 Å². The van der Waals surface area contributed by atoms with Crippen molar-refractivity contribution < 1.29 is 9.18 Å². The molecule has 2 aromatic carbocycles. The molecule has 6 heteroatoms. The molecule has 1 aromatic heterocycles. The number of hydrogen-bond donors (Lipinski definition) is 0. The third-order valence-electron chi connectivity index (χ3n) is 4.25. The second-order valence-corrected chi connectivity index (χ2v) is 6.61. The monoisotopic (exact) mass is 377 g/mol. The molecule has 0 unspecified atom stereocenters. The molecule has 3 nitrogen and oxygen atoms in total. The highest BCUT2D eigenvalue weighted by molar-refractivity contribution is 6.37. The molecule has 0 N–H and O–H groups in total. The molecule has 0 aliphatic heterocycles. The van der Waals surface area contributed by atoms with E-state index in [2.05, 4.69) is 0 Å². The number of rotatable bonds is 3. The van der Waals surface area contributed by atoms with E-state index in [-0.39, 0.29) is 22.0 Å². The zero-order chi connectivity index (χ0) is 18.3. The number of fused-ring (bicyclic) bond motifs is 1. The van der Waals surface area contributed by atoms with Crippen molar-refractivity contribution >= 4 is 40.3 Å². The van der Waals surface area contributed by atoms with Crippen molar-refractivity contribution in [2.45, 2.75) is 13.3 Å². The van der Waals surface area contributed by atoms with E-state index in [1.54, 1.807) is 25.2 Å². The fourth-order valence-electron chi connectivity index (χ4n) is 3.02. The minimum atomic E-state index is -0.730. The molecule has 0 aliphatic rings. The summed E-state index contributed by atoms with van der Waals surface area (Å²) in [7, 11) is 1.59. The second-order valence-electron chi connectivity index (χ2n) is 5.83. The van der Waals surface area contributed by atoms with Crippen LogP contribution < -0.4 is 5.56 Å². The average molecular weight is 378 g/mol. The first kappa shape index (κ1) is 17.6. The van der Waals surface area contributed by atoms with Gasteiger partial charge < -0.3 is 9.36 Å². The smallest absolute Gasteiger partial charge is 0.258 e. The largest absolute Gasteiger partial charge is 0.314 e. The summed E-state index contributed by atoms with van der Waals surface area (Å²) in [6, 6.07) is 8.43. The quantitative estimate of drug-likeness (QED) is 0.490. The van der Waals surface area contributed by atoms with E-state index in [4.69, 9.17) is 23.2 Å². The lowest BCUT2D eigenvalue weighted by molar-refractivity contribution is -0.107. The van der Waals surface area contributed by atoms with Crippen LogP contribution in [0.15, 0.2) is 35.1 Å². The Balaban J connectivity index is 2.55. The van der Waals surface area contributed by atoms with Gasteiger partial charge >= 0.3 is 0 Å². The highest BCUT2D eigenvalue weighted by Crippen LogP contribution is 2.38. The minimum absolute atomic E-state index is 0.00542. The van der Waals surface area contributed by atoms with Gasteiger partial charge in [0.25, 0.3) is 5.56 Å². The summed E-state index contributed by atoms with van der Waals surface area (Å²) in [6.45, 7) is 1.88. The highest BCUT2D eigenvalue weighted by atomic mass is 35.5. The average Bonchev–Trinajstić information content (AvgIpc) is 2.59. The van der Waals surface area contributed by atoms with Gasteiger partial charge in [-0.3, -0.25) is 4.79 Å². The summed E-state index contributed by atoms with van der Waals surface area (Å²) >= 11 is 12.0. The third-order valence-corrected chi connectivity index (χ3v) is 4.92. The number of nitrogens with zero attached hydrogens (tertiary/aromatic N) is 1. The number of carbonyl (C=O) groups is 1. The van der Waals surface area contributed by atoms with Crippen LogP contribution in [0.3, 0.4) is 0 Å². The fraction of sp³-hybridized carbons (Fsp3) is 0.158. The van der Waals surface area contributed by atoms with Gasteiger partial charge in [-0.1, -0.05) is 47.0 Å². The number of aromatic nitrogens is 1. The maximum Gasteiger partial charge on any atom is 0.258 e. The molecule has 0 amide bonds. The first-order chi connectivity index (χ1) is 11.9. The number of hydrogen-bond acceptors (Lipinski definition) is 2. The zero-order valence-corrected chi connectivity index (χ0v) is 15.1. The van der Waals surface area contributed by atoms with Gasteiger partial charge in [0.15, 0.2) is 5.82 Å². The number of benzene rings is 2. The molecular weight excluding hydrogens is 364 g/mol. The Labute approximate surface area is 153 Å². The normalized spacial score (nSPS) is 11.1. The molecule has 0 radical (unpaired) electrons. The highest BCUT2D eigenvalue weighted by Gasteiger charge is 2.20.